The summed E-state index contributed by atoms with van der Waals surface area (Å²) in [6.45, 7) is 4.86. The highest BCUT2D eigenvalue weighted by Crippen LogP contribution is 2.34. The van der Waals surface area contributed by atoms with Crippen LogP contribution < -0.4 is 10.1 Å². The van der Waals surface area contributed by atoms with E-state index in [2.05, 4.69) is 38.3 Å². The van der Waals surface area contributed by atoms with Crippen LogP contribution in [0.1, 0.15) is 35.8 Å². The standard InChI is InChI=1S/C24H27BrClN5O5/c1-14(12-27-21-10-18(25)19(26)11-22(21)31(33)34)6-5-7-36-23-17(13-28-30(23)3)20-9-16(24(32)35-4)8-15(2)29-20/h8-11,13-14,27H,5-7,12H2,1-4H3/t14-/m1/s1. The van der Waals surface area contributed by atoms with Crippen LogP contribution >= 0.6 is 27.5 Å². The van der Waals surface area contributed by atoms with Crippen LogP contribution in [0.15, 0.2) is 34.9 Å². The van der Waals surface area contributed by atoms with Crippen LogP contribution in [-0.2, 0) is 11.8 Å². The van der Waals surface area contributed by atoms with Crippen molar-refractivity contribution >= 4 is 44.9 Å². The molecule has 0 saturated heterocycles. The van der Waals surface area contributed by atoms with Gasteiger partial charge in [0.2, 0.25) is 5.88 Å². The van der Waals surface area contributed by atoms with Crippen molar-refractivity contribution in [2.75, 3.05) is 25.6 Å². The number of nitro groups is 1. The SMILES string of the molecule is COC(=O)c1cc(C)nc(-c2cnn(C)c2OCCC[C@@H](C)CNc2cc(Br)c(Cl)cc2[N+](=O)[O-])c1. The number of hydrogen-bond acceptors (Lipinski definition) is 8. The fourth-order valence-corrected chi connectivity index (χ4v) is 4.13. The number of rotatable bonds is 11. The van der Waals surface area contributed by atoms with Crippen LogP contribution in [0.4, 0.5) is 11.4 Å². The van der Waals surface area contributed by atoms with Crippen LogP contribution in [0.25, 0.3) is 11.3 Å². The van der Waals surface area contributed by atoms with Crippen LogP contribution in [0.2, 0.25) is 5.02 Å². The molecule has 1 atom stereocenters. The van der Waals surface area contributed by atoms with Crippen LogP contribution in [-0.4, -0.2) is 45.9 Å². The van der Waals surface area contributed by atoms with Gasteiger partial charge >= 0.3 is 5.97 Å². The van der Waals surface area contributed by atoms with Crippen molar-refractivity contribution in [3.8, 4) is 17.1 Å². The Balaban J connectivity index is 1.58. The Kier molecular flexibility index (Phi) is 9.27. The van der Waals surface area contributed by atoms with Gasteiger partial charge in [0.1, 0.15) is 5.69 Å². The number of aromatic nitrogens is 3. The van der Waals surface area contributed by atoms with E-state index < -0.39 is 10.9 Å². The lowest BCUT2D eigenvalue weighted by Gasteiger charge is -2.15. The Morgan fingerprint density at radius 3 is 2.78 bits per heavy atom. The second-order valence-corrected chi connectivity index (χ2v) is 9.64. The van der Waals surface area contributed by atoms with Crippen molar-refractivity contribution in [1.29, 1.82) is 0 Å². The number of carbonyl (C=O) groups excluding carboxylic acids is 1. The predicted molar refractivity (Wildman–Crippen MR) is 141 cm³/mol. The van der Waals surface area contributed by atoms with Crippen LogP contribution in [0, 0.1) is 23.0 Å². The molecule has 0 unspecified atom stereocenters. The molecule has 0 aliphatic heterocycles. The van der Waals surface area contributed by atoms with Crippen LogP contribution in [0.5, 0.6) is 5.88 Å². The summed E-state index contributed by atoms with van der Waals surface area (Å²) >= 11 is 9.30. The molecule has 3 aromatic rings. The van der Waals surface area contributed by atoms with Crippen LogP contribution in [0.3, 0.4) is 0 Å². The Morgan fingerprint density at radius 1 is 1.33 bits per heavy atom. The Bertz CT molecular complexity index is 1270. The molecular weight excluding hydrogens is 554 g/mol. The van der Waals surface area contributed by atoms with Gasteiger partial charge in [-0.25, -0.2) is 9.48 Å². The molecule has 0 radical (unpaired) electrons. The van der Waals surface area contributed by atoms with E-state index in [0.29, 0.717) is 51.7 Å². The van der Waals surface area contributed by atoms with Crippen molar-refractivity contribution in [3.63, 3.8) is 0 Å². The number of ether oxygens (including phenoxy) is 2. The first-order valence-electron chi connectivity index (χ1n) is 11.2. The molecule has 0 saturated carbocycles. The van der Waals surface area contributed by atoms with E-state index in [0.717, 1.165) is 12.8 Å². The fourth-order valence-electron chi connectivity index (χ4n) is 3.63. The molecule has 1 aromatic carbocycles. The van der Waals surface area contributed by atoms with Gasteiger partial charge in [0.15, 0.2) is 0 Å². The van der Waals surface area contributed by atoms with E-state index in [1.165, 1.54) is 13.2 Å². The van der Waals surface area contributed by atoms with E-state index in [1.54, 1.807) is 43.0 Å². The van der Waals surface area contributed by atoms with Gasteiger partial charge in [-0.1, -0.05) is 18.5 Å². The van der Waals surface area contributed by atoms with Gasteiger partial charge in [-0.15, -0.1) is 0 Å². The summed E-state index contributed by atoms with van der Waals surface area (Å²) in [4.78, 5) is 27.4. The van der Waals surface area contributed by atoms with E-state index in [4.69, 9.17) is 21.1 Å². The maximum Gasteiger partial charge on any atom is 0.337 e. The lowest BCUT2D eigenvalue weighted by molar-refractivity contribution is -0.384. The number of halogens is 2. The van der Waals surface area contributed by atoms with Gasteiger partial charge in [0.25, 0.3) is 5.69 Å². The first-order chi connectivity index (χ1) is 17.1. The summed E-state index contributed by atoms with van der Waals surface area (Å²) in [5.41, 5.74) is 2.69. The van der Waals surface area contributed by atoms with Crippen molar-refractivity contribution in [2.24, 2.45) is 13.0 Å². The zero-order valence-corrected chi connectivity index (χ0v) is 22.7. The Hall–Kier alpha value is -3.18. The summed E-state index contributed by atoms with van der Waals surface area (Å²) in [7, 11) is 3.11. The minimum Gasteiger partial charge on any atom is -0.477 e. The van der Waals surface area contributed by atoms with Crippen molar-refractivity contribution in [3.05, 3.63) is 61.3 Å². The zero-order chi connectivity index (χ0) is 26.4. The van der Waals surface area contributed by atoms with Gasteiger partial charge in [-0.3, -0.25) is 15.1 Å². The lowest BCUT2D eigenvalue weighted by Crippen LogP contribution is -2.14. The number of methoxy groups -OCH3 is 1. The first-order valence-corrected chi connectivity index (χ1v) is 12.4. The average molecular weight is 581 g/mol. The Morgan fingerprint density at radius 2 is 2.08 bits per heavy atom. The molecule has 192 valence electrons. The second kappa shape index (κ2) is 12.2. The van der Waals surface area contributed by atoms with Crippen molar-refractivity contribution in [2.45, 2.75) is 26.7 Å². The molecule has 10 nitrogen and oxygen atoms in total. The minimum atomic E-state index is -0.456. The number of pyridine rings is 1. The minimum absolute atomic E-state index is 0.0671. The van der Waals surface area contributed by atoms with Gasteiger partial charge in [-0.05, 0) is 59.8 Å². The molecule has 0 aliphatic carbocycles. The number of nitro benzene ring substituents is 1. The summed E-state index contributed by atoms with van der Waals surface area (Å²) < 4.78 is 13.1. The molecule has 0 spiro atoms. The third-order valence-electron chi connectivity index (χ3n) is 5.49. The van der Waals surface area contributed by atoms with E-state index in [1.807, 2.05) is 0 Å². The second-order valence-electron chi connectivity index (χ2n) is 8.38. The molecule has 2 aromatic heterocycles. The quantitative estimate of drug-likeness (QED) is 0.131. The highest BCUT2D eigenvalue weighted by molar-refractivity contribution is 9.10. The molecule has 36 heavy (non-hydrogen) atoms. The number of aryl methyl sites for hydroxylation is 2. The maximum absolute atomic E-state index is 12.0. The molecule has 12 heteroatoms. The van der Waals surface area contributed by atoms with Gasteiger partial charge in [-0.2, -0.15) is 5.10 Å². The van der Waals surface area contributed by atoms with Crippen molar-refractivity contribution < 1.29 is 19.2 Å². The lowest BCUT2D eigenvalue weighted by atomic mass is 10.1. The average Bonchev–Trinajstić information content (AvgIpc) is 3.21. The molecule has 0 aliphatic rings. The molecule has 3 rings (SSSR count). The molecule has 0 bridgehead atoms. The van der Waals surface area contributed by atoms with E-state index in [-0.39, 0.29) is 16.6 Å². The number of benzene rings is 1. The molecule has 0 fully saturated rings. The van der Waals surface area contributed by atoms with Gasteiger partial charge in [0, 0.05) is 29.8 Å². The zero-order valence-electron chi connectivity index (χ0n) is 20.4. The largest absolute Gasteiger partial charge is 0.477 e. The fraction of sp³-hybridized carbons (Fsp3) is 0.375. The topological polar surface area (TPSA) is 121 Å². The summed E-state index contributed by atoms with van der Waals surface area (Å²) in [6.07, 6.45) is 3.24. The highest BCUT2D eigenvalue weighted by Gasteiger charge is 2.19. The summed E-state index contributed by atoms with van der Waals surface area (Å²) in [5, 5.41) is 19.1. The van der Waals surface area contributed by atoms with E-state index in [9.17, 15) is 14.9 Å². The molecule has 0 amide bonds. The van der Waals surface area contributed by atoms with Crippen molar-refractivity contribution in [1.82, 2.24) is 14.8 Å². The number of carbonyl (C=O) groups is 1. The van der Waals surface area contributed by atoms with Gasteiger partial charge in [0.05, 0.1) is 46.7 Å². The number of nitrogens with one attached hydrogen (secondary N) is 1. The normalized spacial score (nSPS) is 11.7. The Labute approximate surface area is 222 Å². The maximum atomic E-state index is 12.0. The third-order valence-corrected chi connectivity index (χ3v) is 6.69. The van der Waals surface area contributed by atoms with Gasteiger partial charge < -0.3 is 14.8 Å². The number of hydrogen-bond donors (Lipinski definition) is 1. The smallest absolute Gasteiger partial charge is 0.337 e. The monoisotopic (exact) mass is 579 g/mol. The number of esters is 1. The summed E-state index contributed by atoms with van der Waals surface area (Å²) in [6, 6.07) is 6.27. The predicted octanol–water partition coefficient (Wildman–Crippen LogP) is 5.81. The first kappa shape index (κ1) is 27.4. The van der Waals surface area contributed by atoms with E-state index >= 15 is 0 Å². The summed E-state index contributed by atoms with van der Waals surface area (Å²) in [5.74, 6) is 0.345. The molecular formula is C24H27BrClN5O5. The molecule has 1 N–H and O–H groups in total. The number of anilines is 1. The third kappa shape index (κ3) is 6.73. The number of nitrogens with zero attached hydrogens (tertiary/aromatic N) is 4. The highest BCUT2D eigenvalue weighted by atomic mass is 79.9. The molecule has 2 heterocycles.